The van der Waals surface area contributed by atoms with Gasteiger partial charge < -0.3 is 14.8 Å². The Kier molecular flexibility index (Phi) is 6.42. The molecular weight excluding hydrogens is 339 g/mol. The maximum absolute atomic E-state index is 12.3. The van der Waals surface area contributed by atoms with Gasteiger partial charge in [-0.05, 0) is 12.1 Å². The number of carbonyl (C=O) groups excluding carboxylic acids is 2. The van der Waals surface area contributed by atoms with Crippen molar-refractivity contribution in [2.24, 2.45) is 0 Å². The van der Waals surface area contributed by atoms with Crippen molar-refractivity contribution in [1.29, 1.82) is 0 Å². The van der Waals surface area contributed by atoms with Crippen molar-refractivity contribution in [3.05, 3.63) is 23.8 Å². The average molecular weight is 354 g/mol. The Hall–Kier alpha value is -1.33. The van der Waals surface area contributed by atoms with Crippen LogP contribution in [-0.2, 0) is 15.1 Å². The molecule has 1 aromatic carbocycles. The number of nitrogens with zero attached hydrogens (tertiary/aromatic N) is 1. The first-order chi connectivity index (χ1) is 10.3. The number of amides is 2. The first-order valence-corrected chi connectivity index (χ1v) is 7.50. The predicted octanol–water partition coefficient (Wildman–Crippen LogP) is -1.20. The summed E-state index contributed by atoms with van der Waals surface area (Å²) in [6.45, 7) is -0.332. The Balaban J connectivity index is 0.00000264. The number of ether oxygens (including phenoxy) is 2. The summed E-state index contributed by atoms with van der Waals surface area (Å²) in [6, 6.07) is 3.68. The summed E-state index contributed by atoms with van der Waals surface area (Å²) in [5.41, 5.74) is 0.0885. The van der Waals surface area contributed by atoms with E-state index in [0.717, 1.165) is 0 Å². The molecule has 0 bridgehead atoms. The third kappa shape index (κ3) is 3.96. The van der Waals surface area contributed by atoms with E-state index < -0.39 is 28.2 Å². The molecular formula is C12H15N2NaO7S. The molecule has 9 nitrogen and oxygen atoms in total. The minimum absolute atomic E-state index is 0. The van der Waals surface area contributed by atoms with E-state index in [2.05, 4.69) is 5.32 Å². The molecule has 1 aliphatic heterocycles. The summed E-state index contributed by atoms with van der Waals surface area (Å²) in [6.07, 6.45) is 0. The molecule has 0 aliphatic carbocycles. The van der Waals surface area contributed by atoms with Crippen molar-refractivity contribution in [3.63, 3.8) is 0 Å². The van der Waals surface area contributed by atoms with Gasteiger partial charge in [0.2, 0.25) is 0 Å². The summed E-state index contributed by atoms with van der Waals surface area (Å²) >= 11 is 0. The number of nitrogens with one attached hydrogen (secondary N) is 1. The number of carbonyl (C=O) groups is 2. The van der Waals surface area contributed by atoms with E-state index >= 15 is 0 Å². The molecule has 1 fully saturated rings. The van der Waals surface area contributed by atoms with Crippen LogP contribution in [-0.4, -0.2) is 85.5 Å². The minimum atomic E-state index is -4.59. The Morgan fingerprint density at radius 3 is 2.22 bits per heavy atom. The van der Waals surface area contributed by atoms with Crippen molar-refractivity contribution in [3.8, 4) is 11.5 Å². The van der Waals surface area contributed by atoms with Gasteiger partial charge in [0.25, 0.3) is 11.8 Å². The first kappa shape index (κ1) is 19.7. The SMILES string of the molecule is COc1cccc(OC)c1C(=O)NC1CN(S(=O)(=O)O)C1=O.[NaH]. The van der Waals surface area contributed by atoms with Crippen molar-refractivity contribution in [2.75, 3.05) is 20.8 Å². The van der Waals surface area contributed by atoms with Gasteiger partial charge in [0, 0.05) is 0 Å². The molecule has 0 saturated carbocycles. The standard InChI is InChI=1S/C12H14N2O7S.Na.H/c1-20-8-4-3-5-9(21-2)10(8)11(15)13-7-6-14(12(7)16)22(17,18)19;;/h3-5,7H,6H2,1-2H3,(H,13,15)(H,17,18,19);;. The van der Waals surface area contributed by atoms with Crippen LogP contribution in [0.15, 0.2) is 18.2 Å². The summed E-state index contributed by atoms with van der Waals surface area (Å²) < 4.78 is 40.8. The Morgan fingerprint density at radius 2 is 1.83 bits per heavy atom. The molecule has 122 valence electrons. The summed E-state index contributed by atoms with van der Waals surface area (Å²) in [5.74, 6) is -1.07. The molecule has 11 heteroatoms. The van der Waals surface area contributed by atoms with E-state index in [4.69, 9.17) is 14.0 Å². The monoisotopic (exact) mass is 354 g/mol. The first-order valence-electron chi connectivity index (χ1n) is 6.10. The van der Waals surface area contributed by atoms with Gasteiger partial charge in [-0.3, -0.25) is 14.1 Å². The van der Waals surface area contributed by atoms with E-state index in [1.807, 2.05) is 0 Å². The van der Waals surface area contributed by atoms with Gasteiger partial charge in [0.05, 0.1) is 20.8 Å². The molecule has 1 aliphatic rings. The second-order valence-corrected chi connectivity index (χ2v) is 5.75. The fraction of sp³-hybridized carbons (Fsp3) is 0.333. The van der Waals surface area contributed by atoms with Gasteiger partial charge in [-0.25, -0.2) is 4.31 Å². The van der Waals surface area contributed by atoms with E-state index in [9.17, 15) is 18.0 Å². The van der Waals surface area contributed by atoms with Gasteiger partial charge in [-0.1, -0.05) is 6.07 Å². The molecule has 1 aromatic rings. The molecule has 1 unspecified atom stereocenters. The predicted molar refractivity (Wildman–Crippen MR) is 81.2 cm³/mol. The van der Waals surface area contributed by atoms with Gasteiger partial charge in [-0.15, -0.1) is 0 Å². The summed E-state index contributed by atoms with van der Waals surface area (Å²) in [7, 11) is -1.84. The molecule has 1 saturated heterocycles. The van der Waals surface area contributed by atoms with Crippen molar-refractivity contribution < 1.29 is 32.0 Å². The Bertz CT molecular complexity index is 700. The van der Waals surface area contributed by atoms with Crippen LogP contribution in [0.3, 0.4) is 0 Å². The van der Waals surface area contributed by atoms with E-state index in [0.29, 0.717) is 0 Å². The second kappa shape index (κ2) is 7.49. The van der Waals surface area contributed by atoms with Gasteiger partial charge in [-0.2, -0.15) is 8.42 Å². The normalized spacial score (nSPS) is 16.9. The Labute approximate surface area is 155 Å². The van der Waals surface area contributed by atoms with E-state index in [-0.39, 0.29) is 57.5 Å². The summed E-state index contributed by atoms with van der Waals surface area (Å²) in [5, 5.41) is 2.37. The molecule has 2 amide bonds. The van der Waals surface area contributed by atoms with Crippen LogP contribution in [0.2, 0.25) is 0 Å². The van der Waals surface area contributed by atoms with Crippen molar-refractivity contribution in [2.45, 2.75) is 6.04 Å². The average Bonchev–Trinajstić information content (AvgIpc) is 2.47. The third-order valence-electron chi connectivity index (χ3n) is 3.13. The molecule has 0 spiro atoms. The van der Waals surface area contributed by atoms with Crippen molar-refractivity contribution >= 4 is 51.7 Å². The van der Waals surface area contributed by atoms with Gasteiger partial charge >= 0.3 is 39.9 Å². The van der Waals surface area contributed by atoms with Crippen LogP contribution in [0.25, 0.3) is 0 Å². The zero-order chi connectivity index (χ0) is 16.5. The number of methoxy groups -OCH3 is 2. The second-order valence-electron chi connectivity index (χ2n) is 4.41. The molecule has 1 heterocycles. The molecule has 1 atom stereocenters. The molecule has 2 N–H and O–H groups in total. The number of β-lactam (4-membered cyclic amide) rings is 1. The number of rotatable bonds is 5. The quantitative estimate of drug-likeness (QED) is 0.387. The maximum atomic E-state index is 12.3. The summed E-state index contributed by atoms with van der Waals surface area (Å²) in [4.78, 5) is 23.8. The zero-order valence-corrected chi connectivity index (χ0v) is 12.6. The number of hydrogen-bond acceptors (Lipinski definition) is 6. The van der Waals surface area contributed by atoms with Crippen LogP contribution < -0.4 is 14.8 Å². The Morgan fingerprint density at radius 1 is 1.30 bits per heavy atom. The van der Waals surface area contributed by atoms with Crippen molar-refractivity contribution in [1.82, 2.24) is 9.62 Å². The van der Waals surface area contributed by atoms with Crippen LogP contribution >= 0.6 is 0 Å². The fourth-order valence-corrected chi connectivity index (χ4v) is 2.71. The molecule has 2 rings (SSSR count). The van der Waals surface area contributed by atoms with Crippen LogP contribution in [0.1, 0.15) is 10.4 Å². The van der Waals surface area contributed by atoms with E-state index in [1.54, 1.807) is 18.2 Å². The topological polar surface area (TPSA) is 122 Å². The van der Waals surface area contributed by atoms with Crippen LogP contribution in [0, 0.1) is 0 Å². The molecule has 23 heavy (non-hydrogen) atoms. The zero-order valence-electron chi connectivity index (χ0n) is 11.8. The number of hydrogen-bond donors (Lipinski definition) is 2. The van der Waals surface area contributed by atoms with Crippen LogP contribution in [0.5, 0.6) is 11.5 Å². The number of benzene rings is 1. The van der Waals surface area contributed by atoms with Gasteiger partial charge in [0.15, 0.2) is 0 Å². The molecule has 0 aromatic heterocycles. The van der Waals surface area contributed by atoms with Gasteiger partial charge in [0.1, 0.15) is 23.1 Å². The van der Waals surface area contributed by atoms with Crippen LogP contribution in [0.4, 0.5) is 0 Å². The fourth-order valence-electron chi connectivity index (χ4n) is 2.02. The molecule has 0 radical (unpaired) electrons. The van der Waals surface area contributed by atoms with E-state index in [1.165, 1.54) is 14.2 Å². The third-order valence-corrected chi connectivity index (χ3v) is 4.02.